The Morgan fingerprint density at radius 1 is 1.19 bits per heavy atom. The van der Waals surface area contributed by atoms with Gasteiger partial charge in [0.1, 0.15) is 22.9 Å². The number of benzene rings is 1. The fourth-order valence-corrected chi connectivity index (χ4v) is 3.27. The zero-order valence-corrected chi connectivity index (χ0v) is 18.0. The summed E-state index contributed by atoms with van der Waals surface area (Å²) in [5.41, 5.74) is 4.93. The predicted molar refractivity (Wildman–Crippen MR) is 111 cm³/mol. The highest BCUT2D eigenvalue weighted by atomic mass is 35.5. The Hall–Kier alpha value is -2.85. The summed E-state index contributed by atoms with van der Waals surface area (Å²) in [5, 5.41) is 7.56. The summed E-state index contributed by atoms with van der Waals surface area (Å²) in [6.07, 6.45) is -0.643. The lowest BCUT2D eigenvalue weighted by Crippen LogP contribution is -2.46. The van der Waals surface area contributed by atoms with E-state index in [2.05, 4.69) is 10.2 Å². The second-order valence-corrected chi connectivity index (χ2v) is 8.32. The largest absolute Gasteiger partial charge is 0.443 e. The van der Waals surface area contributed by atoms with Gasteiger partial charge < -0.3 is 15.4 Å². The van der Waals surface area contributed by atoms with Gasteiger partial charge in [-0.25, -0.2) is 13.6 Å². The molecular formula is C20H22ClF2N5O3. The van der Waals surface area contributed by atoms with Crippen LogP contribution < -0.4 is 15.5 Å². The summed E-state index contributed by atoms with van der Waals surface area (Å²) >= 11 is 5.98. The van der Waals surface area contributed by atoms with E-state index in [4.69, 9.17) is 22.1 Å². The summed E-state index contributed by atoms with van der Waals surface area (Å²) in [7, 11) is 0. The van der Waals surface area contributed by atoms with E-state index in [9.17, 15) is 18.4 Å². The van der Waals surface area contributed by atoms with Gasteiger partial charge in [-0.2, -0.15) is 0 Å². The molecule has 0 bridgehead atoms. The van der Waals surface area contributed by atoms with Gasteiger partial charge in [-0.15, -0.1) is 10.2 Å². The number of hydrogen-bond acceptors (Lipinski definition) is 7. The van der Waals surface area contributed by atoms with Crippen LogP contribution in [0.2, 0.25) is 5.02 Å². The van der Waals surface area contributed by atoms with E-state index in [1.807, 2.05) is 0 Å². The SMILES string of the molecule is CC(C)(C)OC(=O)N1CCN(Cc2c(F)ccc(F)c2Cl)c2cc(C(=O)CN)nnc21. The van der Waals surface area contributed by atoms with Crippen molar-refractivity contribution in [1.82, 2.24) is 10.2 Å². The number of hydrogen-bond donors (Lipinski definition) is 1. The van der Waals surface area contributed by atoms with E-state index in [0.29, 0.717) is 5.69 Å². The number of nitrogens with two attached hydrogens (primary N) is 1. The zero-order chi connectivity index (χ0) is 22.9. The van der Waals surface area contributed by atoms with Crippen LogP contribution in [-0.4, -0.2) is 47.3 Å². The molecule has 1 aromatic carbocycles. The van der Waals surface area contributed by atoms with Gasteiger partial charge in [-0.3, -0.25) is 9.69 Å². The first kappa shape index (κ1) is 22.8. The van der Waals surface area contributed by atoms with Crippen molar-refractivity contribution < 1.29 is 23.1 Å². The van der Waals surface area contributed by atoms with Crippen molar-refractivity contribution in [2.75, 3.05) is 29.4 Å². The van der Waals surface area contributed by atoms with Crippen LogP contribution in [0.3, 0.4) is 0 Å². The quantitative estimate of drug-likeness (QED) is 0.559. The lowest BCUT2D eigenvalue weighted by Gasteiger charge is -2.37. The van der Waals surface area contributed by atoms with Crippen LogP contribution in [-0.2, 0) is 11.3 Å². The molecule has 11 heteroatoms. The summed E-state index contributed by atoms with van der Waals surface area (Å²) in [5.74, 6) is -1.76. The van der Waals surface area contributed by atoms with E-state index in [-0.39, 0.29) is 48.3 Å². The summed E-state index contributed by atoms with van der Waals surface area (Å²) in [6.45, 7) is 5.16. The number of halogens is 3. The molecule has 0 unspecified atom stereocenters. The topological polar surface area (TPSA) is 102 Å². The first-order valence-electron chi connectivity index (χ1n) is 9.50. The minimum atomic E-state index is -0.752. The van der Waals surface area contributed by atoms with Gasteiger partial charge in [-0.05, 0) is 39.0 Å². The van der Waals surface area contributed by atoms with Gasteiger partial charge in [0.15, 0.2) is 11.6 Å². The molecule has 8 nitrogen and oxygen atoms in total. The Bertz CT molecular complexity index is 1030. The van der Waals surface area contributed by atoms with Crippen LogP contribution >= 0.6 is 11.6 Å². The first-order valence-corrected chi connectivity index (χ1v) is 9.88. The van der Waals surface area contributed by atoms with Crippen molar-refractivity contribution in [2.24, 2.45) is 5.73 Å². The molecule has 0 saturated heterocycles. The van der Waals surface area contributed by atoms with E-state index >= 15 is 0 Å². The molecule has 2 heterocycles. The molecule has 0 fully saturated rings. The Balaban J connectivity index is 2.03. The third-order valence-corrected chi connectivity index (χ3v) is 4.93. The normalized spacial score (nSPS) is 13.8. The number of carbonyl (C=O) groups is 2. The molecule has 166 valence electrons. The number of carbonyl (C=O) groups excluding carboxylic acids is 2. The summed E-state index contributed by atoms with van der Waals surface area (Å²) < 4.78 is 33.7. The van der Waals surface area contributed by atoms with Crippen molar-refractivity contribution in [2.45, 2.75) is 32.9 Å². The van der Waals surface area contributed by atoms with Crippen molar-refractivity contribution in [3.8, 4) is 0 Å². The van der Waals surface area contributed by atoms with Gasteiger partial charge in [0.25, 0.3) is 0 Å². The maximum atomic E-state index is 14.4. The van der Waals surface area contributed by atoms with Gasteiger partial charge in [0.05, 0.1) is 17.3 Å². The summed E-state index contributed by atoms with van der Waals surface area (Å²) in [6, 6.07) is 3.35. The highest BCUT2D eigenvalue weighted by Crippen LogP contribution is 2.35. The molecular weight excluding hydrogens is 432 g/mol. The molecule has 0 saturated carbocycles. The monoisotopic (exact) mass is 453 g/mol. The minimum Gasteiger partial charge on any atom is -0.443 e. The van der Waals surface area contributed by atoms with Gasteiger partial charge in [0, 0.05) is 25.2 Å². The van der Waals surface area contributed by atoms with Crippen LogP contribution in [0.4, 0.5) is 25.1 Å². The number of ketones is 1. The lowest BCUT2D eigenvalue weighted by molar-refractivity contribution is 0.0578. The van der Waals surface area contributed by atoms with Crippen LogP contribution in [0.15, 0.2) is 18.2 Å². The number of aromatic nitrogens is 2. The second-order valence-electron chi connectivity index (χ2n) is 7.94. The molecule has 31 heavy (non-hydrogen) atoms. The molecule has 0 atom stereocenters. The number of anilines is 2. The van der Waals surface area contributed by atoms with E-state index in [1.54, 1.807) is 25.7 Å². The molecule has 1 aliphatic heterocycles. The first-order chi connectivity index (χ1) is 14.5. The fourth-order valence-electron chi connectivity index (χ4n) is 3.05. The number of ether oxygens (including phenoxy) is 1. The Kier molecular flexibility index (Phi) is 6.42. The van der Waals surface area contributed by atoms with Gasteiger partial charge in [0.2, 0.25) is 0 Å². The number of amides is 1. The molecule has 2 N–H and O–H groups in total. The highest BCUT2D eigenvalue weighted by Gasteiger charge is 2.33. The van der Waals surface area contributed by atoms with Crippen LogP contribution in [0.1, 0.15) is 36.8 Å². The molecule has 1 amide bonds. The second kappa shape index (κ2) is 8.72. The predicted octanol–water partition coefficient (Wildman–Crippen LogP) is 3.31. The molecule has 1 aromatic heterocycles. The average Bonchev–Trinajstić information content (AvgIpc) is 2.71. The van der Waals surface area contributed by atoms with Gasteiger partial charge >= 0.3 is 6.09 Å². The zero-order valence-electron chi connectivity index (χ0n) is 17.3. The van der Waals surface area contributed by atoms with Crippen LogP contribution in [0.25, 0.3) is 0 Å². The number of Topliss-reactive ketones (excluding diaryl/α,β-unsaturated/α-hetero) is 1. The number of rotatable bonds is 4. The number of fused-ring (bicyclic) bond motifs is 1. The average molecular weight is 454 g/mol. The Labute approximate surface area is 182 Å². The highest BCUT2D eigenvalue weighted by molar-refractivity contribution is 6.31. The van der Waals surface area contributed by atoms with Crippen LogP contribution in [0.5, 0.6) is 0 Å². The van der Waals surface area contributed by atoms with E-state index in [1.165, 1.54) is 11.0 Å². The van der Waals surface area contributed by atoms with Crippen molar-refractivity contribution in [1.29, 1.82) is 0 Å². The molecule has 0 radical (unpaired) electrons. The maximum Gasteiger partial charge on any atom is 0.416 e. The Morgan fingerprint density at radius 3 is 2.52 bits per heavy atom. The van der Waals surface area contributed by atoms with Crippen molar-refractivity contribution in [3.63, 3.8) is 0 Å². The fraction of sp³-hybridized carbons (Fsp3) is 0.400. The van der Waals surface area contributed by atoms with E-state index in [0.717, 1.165) is 12.1 Å². The third kappa shape index (κ3) is 4.91. The third-order valence-electron chi connectivity index (χ3n) is 4.52. The molecule has 0 spiro atoms. The molecule has 0 aliphatic carbocycles. The summed E-state index contributed by atoms with van der Waals surface area (Å²) in [4.78, 5) is 27.6. The van der Waals surface area contributed by atoms with Gasteiger partial charge in [-0.1, -0.05) is 11.6 Å². The Morgan fingerprint density at radius 2 is 1.87 bits per heavy atom. The van der Waals surface area contributed by atoms with Crippen LogP contribution in [0, 0.1) is 11.6 Å². The number of nitrogens with zero attached hydrogens (tertiary/aromatic N) is 4. The molecule has 2 aromatic rings. The molecule has 1 aliphatic rings. The van der Waals surface area contributed by atoms with Crippen molar-refractivity contribution in [3.05, 3.63) is 46.1 Å². The molecule has 3 rings (SSSR count). The lowest BCUT2D eigenvalue weighted by atomic mass is 10.1. The minimum absolute atomic E-state index is 0.0110. The van der Waals surface area contributed by atoms with Crippen molar-refractivity contribution >= 4 is 35.0 Å². The smallest absolute Gasteiger partial charge is 0.416 e. The van der Waals surface area contributed by atoms with E-state index < -0.39 is 29.1 Å². The standard InChI is InChI=1S/C20H22ClF2N5O3/c1-20(2,3)31-19(30)28-7-6-27(10-11-12(22)4-5-13(23)17(11)21)15-8-14(16(29)9-24)25-26-18(15)28/h4-5,8H,6-7,9-10,24H2,1-3H3. The maximum absolute atomic E-state index is 14.4.